The van der Waals surface area contributed by atoms with Gasteiger partial charge in [-0.2, -0.15) is 0 Å². The fourth-order valence-electron chi connectivity index (χ4n) is 1.75. The lowest BCUT2D eigenvalue weighted by molar-refractivity contribution is -0.136. The van der Waals surface area contributed by atoms with Crippen LogP contribution in [0.1, 0.15) is 15.9 Å². The van der Waals surface area contributed by atoms with E-state index in [1.807, 2.05) is 0 Å². The Bertz CT molecular complexity index is 700. The molecule has 2 aromatic carbocycles. The van der Waals surface area contributed by atoms with Gasteiger partial charge in [0.25, 0.3) is 0 Å². The summed E-state index contributed by atoms with van der Waals surface area (Å²) in [6, 6.07) is 10.0. The molecule has 2 N–H and O–H groups in total. The Kier molecular flexibility index (Phi) is 4.59. The van der Waals surface area contributed by atoms with Gasteiger partial charge in [0.05, 0.1) is 12.0 Å². The Morgan fingerprint density at radius 1 is 1.10 bits per heavy atom. The molecule has 0 bridgehead atoms. The SMILES string of the molecule is O=C(O)Cc1ccc(C(=O)O)cc1Sc1cccc(F)c1. The first-order valence-electron chi connectivity index (χ1n) is 5.97. The van der Waals surface area contributed by atoms with Crippen molar-refractivity contribution < 1.29 is 24.2 Å². The van der Waals surface area contributed by atoms with Gasteiger partial charge in [0, 0.05) is 9.79 Å². The van der Waals surface area contributed by atoms with E-state index >= 15 is 0 Å². The van der Waals surface area contributed by atoms with Gasteiger partial charge in [-0.25, -0.2) is 9.18 Å². The third kappa shape index (κ3) is 4.06. The maximum Gasteiger partial charge on any atom is 0.335 e. The number of carboxylic acids is 2. The maximum atomic E-state index is 13.2. The van der Waals surface area contributed by atoms with Crippen molar-refractivity contribution in [3.05, 3.63) is 59.4 Å². The fraction of sp³-hybridized carbons (Fsp3) is 0.0667. The minimum absolute atomic E-state index is 0.0584. The summed E-state index contributed by atoms with van der Waals surface area (Å²) >= 11 is 1.14. The Morgan fingerprint density at radius 3 is 2.48 bits per heavy atom. The third-order valence-corrected chi connectivity index (χ3v) is 3.77. The number of hydrogen-bond donors (Lipinski definition) is 2. The minimum Gasteiger partial charge on any atom is -0.481 e. The van der Waals surface area contributed by atoms with Crippen LogP contribution in [0.15, 0.2) is 52.3 Å². The van der Waals surface area contributed by atoms with Gasteiger partial charge < -0.3 is 10.2 Å². The molecular formula is C15H11FO4S. The molecule has 0 aromatic heterocycles. The number of rotatable bonds is 5. The van der Waals surface area contributed by atoms with Gasteiger partial charge in [-0.1, -0.05) is 23.9 Å². The highest BCUT2D eigenvalue weighted by atomic mass is 32.2. The summed E-state index contributed by atoms with van der Waals surface area (Å²) in [6.45, 7) is 0. The molecule has 0 atom stereocenters. The largest absolute Gasteiger partial charge is 0.481 e. The van der Waals surface area contributed by atoms with E-state index in [-0.39, 0.29) is 12.0 Å². The van der Waals surface area contributed by atoms with Crippen LogP contribution in [-0.2, 0) is 11.2 Å². The first kappa shape index (κ1) is 15.1. The topological polar surface area (TPSA) is 74.6 Å². The monoisotopic (exact) mass is 306 g/mol. The zero-order valence-electron chi connectivity index (χ0n) is 10.7. The number of aromatic carboxylic acids is 1. The predicted octanol–water partition coefficient (Wildman–Crippen LogP) is 3.30. The maximum absolute atomic E-state index is 13.2. The number of carbonyl (C=O) groups is 2. The van der Waals surface area contributed by atoms with E-state index in [9.17, 15) is 14.0 Å². The van der Waals surface area contributed by atoms with Crippen molar-refractivity contribution in [3.63, 3.8) is 0 Å². The van der Waals surface area contributed by atoms with Crippen LogP contribution < -0.4 is 0 Å². The van der Waals surface area contributed by atoms with E-state index in [1.54, 1.807) is 6.07 Å². The summed E-state index contributed by atoms with van der Waals surface area (Å²) < 4.78 is 13.2. The fourth-order valence-corrected chi connectivity index (χ4v) is 2.78. The lowest BCUT2D eigenvalue weighted by Crippen LogP contribution is -2.03. The van der Waals surface area contributed by atoms with Crippen molar-refractivity contribution in [2.45, 2.75) is 16.2 Å². The molecule has 0 fully saturated rings. The van der Waals surface area contributed by atoms with Crippen LogP contribution >= 0.6 is 11.8 Å². The van der Waals surface area contributed by atoms with E-state index < -0.39 is 17.8 Å². The molecule has 0 aliphatic rings. The highest BCUT2D eigenvalue weighted by molar-refractivity contribution is 7.99. The molecule has 0 unspecified atom stereocenters. The number of hydrogen-bond acceptors (Lipinski definition) is 3. The quantitative estimate of drug-likeness (QED) is 0.886. The van der Waals surface area contributed by atoms with Crippen LogP contribution in [-0.4, -0.2) is 22.2 Å². The van der Waals surface area contributed by atoms with Crippen LogP contribution in [0.3, 0.4) is 0 Å². The van der Waals surface area contributed by atoms with Gasteiger partial charge in [0.1, 0.15) is 5.82 Å². The molecule has 2 rings (SSSR count). The third-order valence-electron chi connectivity index (χ3n) is 2.68. The summed E-state index contributed by atoms with van der Waals surface area (Å²) in [5.74, 6) is -2.52. The van der Waals surface area contributed by atoms with Gasteiger partial charge in [0.2, 0.25) is 0 Å². The Labute approximate surface area is 124 Å². The average molecular weight is 306 g/mol. The molecule has 0 spiro atoms. The predicted molar refractivity (Wildman–Crippen MR) is 75.3 cm³/mol. The molecule has 0 radical (unpaired) electrons. The second kappa shape index (κ2) is 6.41. The Morgan fingerprint density at radius 2 is 1.86 bits per heavy atom. The van der Waals surface area contributed by atoms with Gasteiger partial charge in [-0.15, -0.1) is 0 Å². The van der Waals surface area contributed by atoms with E-state index in [1.165, 1.54) is 36.4 Å². The van der Waals surface area contributed by atoms with Crippen LogP contribution in [0.2, 0.25) is 0 Å². The Balaban J connectivity index is 2.40. The van der Waals surface area contributed by atoms with Crippen molar-refractivity contribution in [1.82, 2.24) is 0 Å². The normalized spacial score (nSPS) is 10.3. The molecule has 0 aliphatic carbocycles. The summed E-state index contributed by atoms with van der Waals surface area (Å²) in [5.41, 5.74) is 0.546. The molecule has 4 nitrogen and oxygen atoms in total. The molecule has 21 heavy (non-hydrogen) atoms. The summed E-state index contributed by atoms with van der Waals surface area (Å²) in [6.07, 6.45) is -0.225. The van der Waals surface area contributed by atoms with Crippen molar-refractivity contribution >= 4 is 23.7 Å². The van der Waals surface area contributed by atoms with Crippen LogP contribution in [0, 0.1) is 5.82 Å². The van der Waals surface area contributed by atoms with Crippen molar-refractivity contribution in [3.8, 4) is 0 Å². The van der Waals surface area contributed by atoms with Crippen LogP contribution in [0.25, 0.3) is 0 Å². The van der Waals surface area contributed by atoms with Gasteiger partial charge in [0.15, 0.2) is 0 Å². The highest BCUT2D eigenvalue weighted by Gasteiger charge is 2.12. The first-order valence-corrected chi connectivity index (χ1v) is 6.79. The standard InChI is InChI=1S/C15H11FO4S/c16-11-2-1-3-12(8-11)21-13-6-10(15(19)20)5-4-9(13)7-14(17)18/h1-6,8H,7H2,(H,17,18)(H,19,20). The van der Waals surface area contributed by atoms with Crippen LogP contribution in [0.5, 0.6) is 0 Å². The molecule has 0 aliphatic heterocycles. The second-order valence-electron chi connectivity index (χ2n) is 4.26. The van der Waals surface area contributed by atoms with Crippen molar-refractivity contribution in [2.75, 3.05) is 0 Å². The molecule has 0 heterocycles. The minimum atomic E-state index is -1.10. The van der Waals surface area contributed by atoms with Crippen molar-refractivity contribution in [1.29, 1.82) is 0 Å². The molecule has 2 aromatic rings. The average Bonchev–Trinajstić information content (AvgIpc) is 2.40. The number of aliphatic carboxylic acids is 1. The van der Waals surface area contributed by atoms with E-state index in [0.717, 1.165) is 11.8 Å². The zero-order chi connectivity index (χ0) is 15.4. The lowest BCUT2D eigenvalue weighted by atomic mass is 10.1. The highest BCUT2D eigenvalue weighted by Crippen LogP contribution is 2.32. The smallest absolute Gasteiger partial charge is 0.335 e. The Hall–Kier alpha value is -2.34. The summed E-state index contributed by atoms with van der Waals surface area (Å²) in [4.78, 5) is 22.9. The molecule has 0 saturated heterocycles. The molecule has 0 saturated carbocycles. The lowest BCUT2D eigenvalue weighted by Gasteiger charge is -2.09. The van der Waals surface area contributed by atoms with Crippen molar-refractivity contribution in [2.24, 2.45) is 0 Å². The van der Waals surface area contributed by atoms with Crippen LogP contribution in [0.4, 0.5) is 4.39 Å². The second-order valence-corrected chi connectivity index (χ2v) is 5.37. The number of halogens is 1. The summed E-state index contributed by atoms with van der Waals surface area (Å²) in [7, 11) is 0. The van der Waals surface area contributed by atoms with E-state index in [2.05, 4.69) is 0 Å². The van der Waals surface area contributed by atoms with Gasteiger partial charge >= 0.3 is 11.9 Å². The van der Waals surface area contributed by atoms with E-state index in [0.29, 0.717) is 15.4 Å². The molecule has 0 amide bonds. The number of carboxylic acid groups (broad SMARTS) is 2. The molecule has 6 heteroatoms. The van der Waals surface area contributed by atoms with Gasteiger partial charge in [-0.3, -0.25) is 4.79 Å². The zero-order valence-corrected chi connectivity index (χ0v) is 11.6. The summed E-state index contributed by atoms with van der Waals surface area (Å²) in [5, 5.41) is 17.9. The first-order chi connectivity index (χ1) is 9.95. The van der Waals surface area contributed by atoms with E-state index in [4.69, 9.17) is 10.2 Å². The molecule has 108 valence electrons. The molecular weight excluding hydrogens is 295 g/mol. The number of benzene rings is 2. The van der Waals surface area contributed by atoms with Gasteiger partial charge in [-0.05, 0) is 35.9 Å².